The maximum Gasteiger partial charge on any atom is 0.244 e. The Balaban J connectivity index is 1.82. The number of hydrogen-bond donors (Lipinski definition) is 1. The van der Waals surface area contributed by atoms with Crippen molar-refractivity contribution in [3.8, 4) is 11.5 Å². The summed E-state index contributed by atoms with van der Waals surface area (Å²) >= 11 is 5.93. The molecule has 0 saturated carbocycles. The minimum atomic E-state index is -3.71. The summed E-state index contributed by atoms with van der Waals surface area (Å²) < 4.78 is 37.3. The Morgan fingerprint density at radius 3 is 2.37 bits per heavy atom. The molecule has 0 unspecified atom stereocenters. The van der Waals surface area contributed by atoms with E-state index in [2.05, 4.69) is 5.32 Å². The summed E-state index contributed by atoms with van der Waals surface area (Å²) in [4.78, 5) is 13.1. The molecule has 0 radical (unpaired) electrons. The van der Waals surface area contributed by atoms with E-state index in [1.54, 1.807) is 37.3 Å². The molecule has 3 rings (SSSR count). The third-order valence-corrected chi connectivity index (χ3v) is 6.27. The Morgan fingerprint density at radius 1 is 1.13 bits per heavy atom. The number of hydrogen-bond acceptors (Lipinski definition) is 5. The molecule has 2 atom stereocenters. The van der Waals surface area contributed by atoms with Gasteiger partial charge >= 0.3 is 0 Å². The minimum absolute atomic E-state index is 0.301. The first kappa shape index (κ1) is 22.2. The number of fused-ring (bicyclic) bond motifs is 1. The Kier molecular flexibility index (Phi) is 6.77. The van der Waals surface area contributed by atoms with Gasteiger partial charge in [-0.25, -0.2) is 8.42 Å². The first-order chi connectivity index (χ1) is 14.2. The maximum atomic E-state index is 13.1. The summed E-state index contributed by atoms with van der Waals surface area (Å²) in [5, 5.41) is 3.40. The molecule has 7 nitrogen and oxygen atoms in total. The summed E-state index contributed by atoms with van der Waals surface area (Å²) in [6.07, 6.45) is 1.39. The molecule has 0 bridgehead atoms. The van der Waals surface area contributed by atoms with Gasteiger partial charge in [0, 0.05) is 5.02 Å². The average molecular weight is 453 g/mol. The molecule has 30 heavy (non-hydrogen) atoms. The lowest BCUT2D eigenvalue weighted by molar-refractivity contribution is -0.122. The molecule has 2 aromatic carbocycles. The maximum absolute atomic E-state index is 13.1. The van der Waals surface area contributed by atoms with E-state index in [-0.39, 0.29) is 11.9 Å². The lowest BCUT2D eigenvalue weighted by atomic mass is 10.1. The number of anilines is 1. The molecular formula is C21H25ClN2O5S. The number of amides is 1. The number of ether oxygens (including phenoxy) is 2. The zero-order chi connectivity index (χ0) is 21.9. The van der Waals surface area contributed by atoms with Gasteiger partial charge in [0.15, 0.2) is 11.5 Å². The van der Waals surface area contributed by atoms with Crippen molar-refractivity contribution in [3.05, 3.63) is 53.1 Å². The molecule has 1 amide bonds. The molecule has 1 aliphatic heterocycles. The highest BCUT2D eigenvalue weighted by molar-refractivity contribution is 7.92. The zero-order valence-electron chi connectivity index (χ0n) is 17.1. The summed E-state index contributed by atoms with van der Waals surface area (Å²) in [6, 6.07) is 10.6. The predicted molar refractivity (Wildman–Crippen MR) is 117 cm³/mol. The monoisotopic (exact) mass is 452 g/mol. The molecule has 0 aromatic heterocycles. The van der Waals surface area contributed by atoms with Crippen LogP contribution < -0.4 is 19.1 Å². The largest absolute Gasteiger partial charge is 0.486 e. The smallest absolute Gasteiger partial charge is 0.244 e. The van der Waals surface area contributed by atoms with Gasteiger partial charge in [-0.3, -0.25) is 9.10 Å². The number of carbonyl (C=O) groups excluding carboxylic acids is 1. The van der Waals surface area contributed by atoms with Crippen LogP contribution in [0.3, 0.4) is 0 Å². The first-order valence-electron chi connectivity index (χ1n) is 9.65. The van der Waals surface area contributed by atoms with E-state index in [9.17, 15) is 13.2 Å². The fourth-order valence-electron chi connectivity index (χ4n) is 3.37. The normalized spacial score (nSPS) is 15.2. The van der Waals surface area contributed by atoms with E-state index >= 15 is 0 Å². The van der Waals surface area contributed by atoms with Crippen LogP contribution in [0.1, 0.15) is 31.9 Å². The van der Waals surface area contributed by atoms with Gasteiger partial charge in [0.05, 0.1) is 18.0 Å². The van der Waals surface area contributed by atoms with Crippen molar-refractivity contribution in [1.29, 1.82) is 0 Å². The zero-order valence-corrected chi connectivity index (χ0v) is 18.7. The van der Waals surface area contributed by atoms with Crippen LogP contribution in [-0.2, 0) is 14.8 Å². The Morgan fingerprint density at radius 2 is 1.77 bits per heavy atom. The van der Waals surface area contributed by atoms with Gasteiger partial charge in [0.25, 0.3) is 0 Å². The number of benzene rings is 2. The first-order valence-corrected chi connectivity index (χ1v) is 11.9. The molecule has 1 aliphatic rings. The van der Waals surface area contributed by atoms with Crippen molar-refractivity contribution in [1.82, 2.24) is 5.32 Å². The molecule has 0 saturated heterocycles. The van der Waals surface area contributed by atoms with Crippen molar-refractivity contribution in [2.45, 2.75) is 32.4 Å². The lowest BCUT2D eigenvalue weighted by Crippen LogP contribution is -2.49. The number of nitrogens with zero attached hydrogens (tertiary/aromatic N) is 1. The van der Waals surface area contributed by atoms with E-state index < -0.39 is 16.1 Å². The quantitative estimate of drug-likeness (QED) is 0.694. The van der Waals surface area contributed by atoms with Gasteiger partial charge in [-0.05, 0) is 55.3 Å². The molecular weight excluding hydrogens is 428 g/mol. The van der Waals surface area contributed by atoms with Crippen LogP contribution >= 0.6 is 11.6 Å². The second kappa shape index (κ2) is 9.14. The molecule has 162 valence electrons. The summed E-state index contributed by atoms with van der Waals surface area (Å²) in [7, 11) is -3.71. The number of nitrogens with one attached hydrogen (secondary N) is 1. The molecule has 0 spiro atoms. The van der Waals surface area contributed by atoms with E-state index in [0.717, 1.165) is 16.1 Å². The summed E-state index contributed by atoms with van der Waals surface area (Å²) in [5.41, 5.74) is 1.22. The van der Waals surface area contributed by atoms with Crippen molar-refractivity contribution in [2.75, 3.05) is 23.8 Å². The molecule has 1 N–H and O–H groups in total. The second-order valence-corrected chi connectivity index (χ2v) is 9.39. The van der Waals surface area contributed by atoms with Crippen LogP contribution in [0.2, 0.25) is 5.02 Å². The van der Waals surface area contributed by atoms with Crippen molar-refractivity contribution in [3.63, 3.8) is 0 Å². The lowest BCUT2D eigenvalue weighted by Gasteiger charge is -2.31. The third-order valence-electron chi connectivity index (χ3n) is 4.84. The molecule has 0 fully saturated rings. The molecule has 2 aromatic rings. The van der Waals surface area contributed by atoms with E-state index in [4.69, 9.17) is 21.1 Å². The number of sulfonamides is 1. The van der Waals surface area contributed by atoms with Crippen molar-refractivity contribution in [2.24, 2.45) is 0 Å². The molecule has 9 heteroatoms. The molecule has 0 aliphatic carbocycles. The van der Waals surface area contributed by atoms with Crippen molar-refractivity contribution < 1.29 is 22.7 Å². The fourth-order valence-corrected chi connectivity index (χ4v) is 4.71. The minimum Gasteiger partial charge on any atom is -0.486 e. The van der Waals surface area contributed by atoms with Crippen molar-refractivity contribution >= 4 is 33.2 Å². The van der Waals surface area contributed by atoms with Crippen LogP contribution in [0.5, 0.6) is 11.5 Å². The Bertz CT molecular complexity index is 1010. The Hall–Kier alpha value is -2.45. The van der Waals surface area contributed by atoms with E-state index in [1.165, 1.54) is 0 Å². The molecule has 1 heterocycles. The predicted octanol–water partition coefficient (Wildman–Crippen LogP) is 3.53. The summed E-state index contributed by atoms with van der Waals surface area (Å²) in [6.45, 7) is 4.58. The average Bonchev–Trinajstić information content (AvgIpc) is 2.71. The highest BCUT2D eigenvalue weighted by Crippen LogP contribution is 2.33. The topological polar surface area (TPSA) is 84.9 Å². The van der Waals surface area contributed by atoms with Crippen LogP contribution in [-0.4, -0.2) is 39.8 Å². The standard InChI is InChI=1S/C21H25ClN2O5S/c1-4-18(24(30(3,26)27)17-8-6-16(22)7-9-17)21(25)23-14(2)15-5-10-19-20(13-15)29-12-11-28-19/h5-10,13-14,18H,4,11-12H2,1-3H3,(H,23,25)/t14-,18-/m1/s1. The van der Waals surface area contributed by atoms with Gasteiger partial charge in [0.2, 0.25) is 15.9 Å². The van der Waals surface area contributed by atoms with Gasteiger partial charge in [-0.1, -0.05) is 24.6 Å². The summed E-state index contributed by atoms with van der Waals surface area (Å²) in [5.74, 6) is 0.909. The Labute approximate surface area is 182 Å². The van der Waals surface area contributed by atoms with E-state index in [0.29, 0.717) is 41.8 Å². The van der Waals surface area contributed by atoms with Crippen LogP contribution in [0.15, 0.2) is 42.5 Å². The highest BCUT2D eigenvalue weighted by atomic mass is 35.5. The van der Waals surface area contributed by atoms with E-state index in [1.807, 2.05) is 19.1 Å². The SMILES string of the molecule is CC[C@H](C(=O)N[C@H](C)c1ccc2c(c1)OCCO2)N(c1ccc(Cl)cc1)S(C)(=O)=O. The van der Waals surface area contributed by atoms with Gasteiger partial charge < -0.3 is 14.8 Å². The van der Waals surface area contributed by atoms with Gasteiger partial charge in [0.1, 0.15) is 19.3 Å². The number of rotatable bonds is 7. The van der Waals surface area contributed by atoms with Gasteiger partial charge in [-0.2, -0.15) is 0 Å². The highest BCUT2D eigenvalue weighted by Gasteiger charge is 2.32. The fraction of sp³-hybridized carbons (Fsp3) is 0.381. The number of carbonyl (C=O) groups is 1. The third kappa shape index (κ3) is 4.99. The number of halogens is 1. The van der Waals surface area contributed by atoms with Gasteiger partial charge in [-0.15, -0.1) is 0 Å². The van der Waals surface area contributed by atoms with Crippen LogP contribution in [0, 0.1) is 0 Å². The van der Waals surface area contributed by atoms with Crippen LogP contribution in [0.4, 0.5) is 5.69 Å². The van der Waals surface area contributed by atoms with Crippen LogP contribution in [0.25, 0.3) is 0 Å². The second-order valence-electron chi connectivity index (χ2n) is 7.09.